The Morgan fingerprint density at radius 2 is 1.93 bits per heavy atom. The van der Waals surface area contributed by atoms with Crippen LogP contribution in [0.4, 0.5) is 0 Å². The smallest absolute Gasteiger partial charge is 0.193 e. The Balaban J connectivity index is 1.69. The Labute approximate surface area is 156 Å². The SMILES string of the molecule is N=C(CCCCOc1ccc2c(=O)cc(-c3ccccc3)oc2c1)N=NN. The van der Waals surface area contributed by atoms with Crippen LogP contribution >= 0.6 is 0 Å². The molecule has 0 amide bonds. The van der Waals surface area contributed by atoms with Gasteiger partial charge in [0.25, 0.3) is 0 Å². The summed E-state index contributed by atoms with van der Waals surface area (Å²) in [5.41, 5.74) is 1.25. The van der Waals surface area contributed by atoms with E-state index in [1.165, 1.54) is 6.07 Å². The number of benzene rings is 2. The first-order valence-corrected chi connectivity index (χ1v) is 8.62. The van der Waals surface area contributed by atoms with E-state index in [1.807, 2.05) is 30.3 Å². The molecule has 0 spiro atoms. The van der Waals surface area contributed by atoms with E-state index in [2.05, 4.69) is 10.3 Å². The summed E-state index contributed by atoms with van der Waals surface area (Å²) in [7, 11) is 0. The summed E-state index contributed by atoms with van der Waals surface area (Å²) in [6.45, 7) is 0.487. The summed E-state index contributed by atoms with van der Waals surface area (Å²) in [6, 6.07) is 16.2. The van der Waals surface area contributed by atoms with Crippen LogP contribution in [0.3, 0.4) is 0 Å². The Morgan fingerprint density at radius 3 is 2.70 bits per heavy atom. The van der Waals surface area contributed by atoms with Crippen molar-refractivity contribution < 1.29 is 9.15 Å². The van der Waals surface area contributed by atoms with Crippen LogP contribution in [0.15, 0.2) is 74.1 Å². The Kier molecular flexibility index (Phi) is 5.94. The van der Waals surface area contributed by atoms with E-state index in [9.17, 15) is 4.79 Å². The van der Waals surface area contributed by atoms with Crippen molar-refractivity contribution >= 4 is 16.8 Å². The fraction of sp³-hybridized carbons (Fsp3) is 0.200. The van der Waals surface area contributed by atoms with E-state index < -0.39 is 0 Å². The molecule has 0 fully saturated rings. The molecule has 0 atom stereocenters. The van der Waals surface area contributed by atoms with Gasteiger partial charge in [-0.05, 0) is 25.0 Å². The van der Waals surface area contributed by atoms with Gasteiger partial charge in [0.2, 0.25) is 0 Å². The molecular weight excluding hydrogens is 344 g/mol. The molecule has 138 valence electrons. The molecule has 0 saturated carbocycles. The highest BCUT2D eigenvalue weighted by atomic mass is 16.5. The van der Waals surface area contributed by atoms with Crippen LogP contribution in [0.1, 0.15) is 19.3 Å². The van der Waals surface area contributed by atoms with Crippen molar-refractivity contribution in [1.29, 1.82) is 5.41 Å². The fourth-order valence-corrected chi connectivity index (χ4v) is 2.67. The molecule has 1 aromatic heterocycles. The molecule has 7 nitrogen and oxygen atoms in total. The second-order valence-electron chi connectivity index (χ2n) is 5.97. The summed E-state index contributed by atoms with van der Waals surface area (Å²) >= 11 is 0. The van der Waals surface area contributed by atoms with E-state index in [-0.39, 0.29) is 11.3 Å². The summed E-state index contributed by atoms with van der Waals surface area (Å²) in [4.78, 5) is 12.4. The lowest BCUT2D eigenvalue weighted by Crippen LogP contribution is -2.02. The Morgan fingerprint density at radius 1 is 1.11 bits per heavy atom. The molecule has 0 aliphatic rings. The second kappa shape index (κ2) is 8.75. The van der Waals surface area contributed by atoms with Crippen LogP contribution < -0.4 is 16.0 Å². The zero-order valence-corrected chi connectivity index (χ0v) is 14.7. The van der Waals surface area contributed by atoms with Gasteiger partial charge in [0.15, 0.2) is 5.43 Å². The highest BCUT2D eigenvalue weighted by molar-refractivity contribution is 5.80. The van der Waals surface area contributed by atoms with Gasteiger partial charge in [-0.1, -0.05) is 35.6 Å². The van der Waals surface area contributed by atoms with Crippen molar-refractivity contribution in [3.8, 4) is 17.1 Å². The first-order chi connectivity index (χ1) is 13.2. The predicted molar refractivity (Wildman–Crippen MR) is 104 cm³/mol. The van der Waals surface area contributed by atoms with Crippen LogP contribution in [0, 0.1) is 5.41 Å². The quantitative estimate of drug-likeness (QED) is 0.162. The number of ether oxygens (including phenoxy) is 1. The molecule has 0 unspecified atom stereocenters. The van der Waals surface area contributed by atoms with Gasteiger partial charge in [0, 0.05) is 24.1 Å². The largest absolute Gasteiger partial charge is 0.493 e. The number of unbranched alkanes of at least 4 members (excludes halogenated alkanes) is 1. The number of hydrogen-bond donors (Lipinski definition) is 2. The van der Waals surface area contributed by atoms with Gasteiger partial charge in [-0.3, -0.25) is 10.2 Å². The molecule has 0 aliphatic heterocycles. The van der Waals surface area contributed by atoms with E-state index in [4.69, 9.17) is 20.4 Å². The van der Waals surface area contributed by atoms with Crippen molar-refractivity contribution in [3.05, 3.63) is 64.8 Å². The van der Waals surface area contributed by atoms with Crippen LogP contribution in [0.5, 0.6) is 5.75 Å². The molecule has 7 heteroatoms. The van der Waals surface area contributed by atoms with E-state index in [1.54, 1.807) is 18.2 Å². The minimum Gasteiger partial charge on any atom is -0.493 e. The van der Waals surface area contributed by atoms with Crippen LogP contribution in [0.25, 0.3) is 22.3 Å². The lowest BCUT2D eigenvalue weighted by Gasteiger charge is -2.08. The normalized spacial score (nSPS) is 11.1. The maximum Gasteiger partial charge on any atom is 0.193 e. The van der Waals surface area contributed by atoms with Crippen LogP contribution in [-0.2, 0) is 0 Å². The third-order valence-electron chi connectivity index (χ3n) is 4.01. The van der Waals surface area contributed by atoms with E-state index in [0.717, 1.165) is 18.4 Å². The first-order valence-electron chi connectivity index (χ1n) is 8.62. The molecule has 0 bridgehead atoms. The Bertz CT molecular complexity index is 1010. The third kappa shape index (κ3) is 4.78. The molecule has 3 N–H and O–H groups in total. The third-order valence-corrected chi connectivity index (χ3v) is 4.01. The highest BCUT2D eigenvalue weighted by Gasteiger charge is 2.08. The molecule has 27 heavy (non-hydrogen) atoms. The fourth-order valence-electron chi connectivity index (χ4n) is 2.67. The summed E-state index contributed by atoms with van der Waals surface area (Å²) < 4.78 is 11.6. The molecule has 0 aliphatic carbocycles. The monoisotopic (exact) mass is 364 g/mol. The van der Waals surface area contributed by atoms with Gasteiger partial charge in [0.1, 0.15) is 22.9 Å². The first kappa shape index (κ1) is 18.3. The lowest BCUT2D eigenvalue weighted by atomic mass is 10.1. The maximum atomic E-state index is 12.4. The van der Waals surface area contributed by atoms with Crippen LogP contribution in [0.2, 0.25) is 0 Å². The topological polar surface area (TPSA) is 114 Å². The van der Waals surface area contributed by atoms with Crippen molar-refractivity contribution in [2.45, 2.75) is 19.3 Å². The minimum atomic E-state index is -0.0887. The standard InChI is InChI=1S/C20H20N4O3/c21-20(23-24-22)8-4-5-11-26-15-9-10-16-17(25)13-18(27-19(16)12-15)14-6-2-1-3-7-14/h1-3,6-7,9-10,12-13H,4-5,8,11H2,(H3,21,22,23). The summed E-state index contributed by atoms with van der Waals surface area (Å²) in [5.74, 6) is 6.21. The molecule has 3 aromatic rings. The molecule has 0 radical (unpaired) electrons. The van der Waals surface area contributed by atoms with Crippen LogP contribution in [-0.4, -0.2) is 12.4 Å². The number of nitrogens with two attached hydrogens (primary N) is 1. The van der Waals surface area contributed by atoms with E-state index in [0.29, 0.717) is 35.5 Å². The molecule has 0 saturated heterocycles. The van der Waals surface area contributed by atoms with Gasteiger partial charge in [-0.25, -0.2) is 0 Å². The average Bonchev–Trinajstić information content (AvgIpc) is 2.68. The zero-order valence-electron chi connectivity index (χ0n) is 14.7. The highest BCUT2D eigenvalue weighted by Crippen LogP contribution is 2.24. The molecular formula is C20H20N4O3. The van der Waals surface area contributed by atoms with Gasteiger partial charge in [-0.15, -0.1) is 5.11 Å². The minimum absolute atomic E-state index is 0.0887. The number of nitrogens with zero attached hydrogens (tertiary/aromatic N) is 2. The van der Waals surface area contributed by atoms with Gasteiger partial charge >= 0.3 is 0 Å². The van der Waals surface area contributed by atoms with Gasteiger partial charge < -0.3 is 15.0 Å². The van der Waals surface area contributed by atoms with Crippen molar-refractivity contribution in [3.63, 3.8) is 0 Å². The van der Waals surface area contributed by atoms with Crippen molar-refractivity contribution in [2.24, 2.45) is 16.2 Å². The molecule has 1 heterocycles. The summed E-state index contributed by atoms with van der Waals surface area (Å²) in [5, 5.41) is 14.5. The number of rotatable bonds is 7. The number of fused-ring (bicyclic) bond motifs is 1. The second-order valence-corrected chi connectivity index (χ2v) is 5.97. The molecule has 2 aromatic carbocycles. The number of nitrogens with one attached hydrogen (secondary N) is 1. The average molecular weight is 364 g/mol. The van der Waals surface area contributed by atoms with Crippen molar-refractivity contribution in [1.82, 2.24) is 0 Å². The number of amidine groups is 1. The van der Waals surface area contributed by atoms with Gasteiger partial charge in [-0.2, -0.15) is 0 Å². The van der Waals surface area contributed by atoms with Crippen molar-refractivity contribution in [2.75, 3.05) is 6.61 Å². The zero-order chi connectivity index (χ0) is 19.1. The Hall–Kier alpha value is -3.48. The number of hydrogen-bond acceptors (Lipinski definition) is 5. The molecule has 3 rings (SSSR count). The maximum absolute atomic E-state index is 12.4. The van der Waals surface area contributed by atoms with E-state index >= 15 is 0 Å². The van der Waals surface area contributed by atoms with Gasteiger partial charge in [0.05, 0.1) is 12.0 Å². The predicted octanol–water partition coefficient (Wildman–Crippen LogP) is 4.31. The lowest BCUT2D eigenvalue weighted by molar-refractivity contribution is 0.308. The summed E-state index contributed by atoms with van der Waals surface area (Å²) in [6.07, 6.45) is 2.00.